The van der Waals surface area contributed by atoms with E-state index in [4.69, 9.17) is 4.74 Å². The van der Waals surface area contributed by atoms with Crippen molar-refractivity contribution < 1.29 is 14.6 Å². The molecule has 3 aromatic carbocycles. The minimum Gasteiger partial charge on any atom is -0.507 e. The molecule has 0 saturated carbocycles. The molecule has 0 bridgehead atoms. The van der Waals surface area contributed by atoms with Crippen molar-refractivity contribution in [3.05, 3.63) is 89.5 Å². The summed E-state index contributed by atoms with van der Waals surface area (Å²) in [5, 5.41) is 10.0. The van der Waals surface area contributed by atoms with Crippen molar-refractivity contribution in [1.82, 2.24) is 0 Å². The lowest BCUT2D eigenvalue weighted by Gasteiger charge is -2.06. The Morgan fingerprint density at radius 2 is 1.72 bits per heavy atom. The van der Waals surface area contributed by atoms with Crippen molar-refractivity contribution in [3.8, 4) is 11.5 Å². The Labute approximate surface area is 146 Å². The molecule has 0 atom stereocenters. The molecule has 3 rings (SSSR count). The quantitative estimate of drug-likeness (QED) is 0.557. The molecule has 0 aliphatic heterocycles. The lowest BCUT2D eigenvalue weighted by atomic mass is 10.0. The minimum atomic E-state index is -0.0905. The number of aliphatic imine (C=N–C) groups is 1. The van der Waals surface area contributed by atoms with Crippen LogP contribution in [-0.4, -0.2) is 24.2 Å². The molecule has 4 nitrogen and oxygen atoms in total. The first-order chi connectivity index (χ1) is 12.2. The number of rotatable bonds is 5. The van der Waals surface area contributed by atoms with Crippen molar-refractivity contribution in [3.63, 3.8) is 0 Å². The van der Waals surface area contributed by atoms with E-state index in [1.165, 1.54) is 19.4 Å². The summed E-state index contributed by atoms with van der Waals surface area (Å²) in [5.74, 6) is 0.538. The zero-order valence-corrected chi connectivity index (χ0v) is 13.7. The van der Waals surface area contributed by atoms with Crippen LogP contribution in [0.4, 0.5) is 5.69 Å². The third-order valence-corrected chi connectivity index (χ3v) is 3.76. The van der Waals surface area contributed by atoms with E-state index < -0.39 is 0 Å². The Kier molecular flexibility index (Phi) is 4.90. The maximum Gasteiger partial charge on any atom is 0.195 e. The van der Waals surface area contributed by atoms with E-state index in [0.717, 1.165) is 0 Å². The fourth-order valence-corrected chi connectivity index (χ4v) is 2.42. The van der Waals surface area contributed by atoms with Crippen molar-refractivity contribution in [1.29, 1.82) is 0 Å². The van der Waals surface area contributed by atoms with Crippen LogP contribution in [0.1, 0.15) is 21.5 Å². The van der Waals surface area contributed by atoms with Crippen molar-refractivity contribution in [2.45, 2.75) is 0 Å². The Morgan fingerprint density at radius 3 is 2.44 bits per heavy atom. The number of phenolic OH excluding ortho intramolecular Hbond substituents is 1. The second-order valence-electron chi connectivity index (χ2n) is 5.40. The van der Waals surface area contributed by atoms with Gasteiger partial charge in [-0.15, -0.1) is 0 Å². The highest BCUT2D eigenvalue weighted by Crippen LogP contribution is 2.25. The maximum absolute atomic E-state index is 12.7. The Bertz CT molecular complexity index is 917. The molecular weight excluding hydrogens is 314 g/mol. The second kappa shape index (κ2) is 7.45. The highest BCUT2D eigenvalue weighted by Gasteiger charge is 2.12. The SMILES string of the molecule is COc1ccc(C=Nc2ccccc2C(=O)c2ccccc2)c(O)c1. The van der Waals surface area contributed by atoms with Gasteiger partial charge in [0.15, 0.2) is 5.78 Å². The molecule has 0 aliphatic rings. The van der Waals surface area contributed by atoms with Gasteiger partial charge < -0.3 is 9.84 Å². The van der Waals surface area contributed by atoms with Crippen LogP contribution in [0.25, 0.3) is 0 Å². The van der Waals surface area contributed by atoms with Gasteiger partial charge in [-0.2, -0.15) is 0 Å². The van der Waals surface area contributed by atoms with Crippen LogP contribution < -0.4 is 4.74 Å². The lowest BCUT2D eigenvalue weighted by Crippen LogP contribution is -2.01. The number of nitrogens with zero attached hydrogens (tertiary/aromatic N) is 1. The fraction of sp³-hybridized carbons (Fsp3) is 0.0476. The van der Waals surface area contributed by atoms with Crippen LogP contribution in [-0.2, 0) is 0 Å². The average Bonchev–Trinajstić information content (AvgIpc) is 2.67. The van der Waals surface area contributed by atoms with Crippen LogP contribution in [0, 0.1) is 0 Å². The molecule has 0 radical (unpaired) electrons. The Morgan fingerprint density at radius 1 is 1.00 bits per heavy atom. The molecule has 1 N–H and O–H groups in total. The predicted molar refractivity (Wildman–Crippen MR) is 98.2 cm³/mol. The summed E-state index contributed by atoms with van der Waals surface area (Å²) in [7, 11) is 1.54. The van der Waals surface area contributed by atoms with E-state index in [1.807, 2.05) is 24.3 Å². The molecule has 4 heteroatoms. The van der Waals surface area contributed by atoms with Crippen LogP contribution >= 0.6 is 0 Å². The van der Waals surface area contributed by atoms with Crippen LogP contribution in [0.2, 0.25) is 0 Å². The van der Waals surface area contributed by atoms with Crippen molar-refractivity contribution in [2.24, 2.45) is 4.99 Å². The largest absolute Gasteiger partial charge is 0.507 e. The second-order valence-corrected chi connectivity index (χ2v) is 5.40. The molecule has 0 spiro atoms. The van der Waals surface area contributed by atoms with Crippen LogP contribution in [0.15, 0.2) is 77.8 Å². The van der Waals surface area contributed by atoms with E-state index in [0.29, 0.717) is 28.1 Å². The highest BCUT2D eigenvalue weighted by atomic mass is 16.5. The monoisotopic (exact) mass is 331 g/mol. The van der Waals surface area contributed by atoms with E-state index in [1.54, 1.807) is 42.5 Å². The molecular formula is C21H17NO3. The topological polar surface area (TPSA) is 58.9 Å². The van der Waals surface area contributed by atoms with Gasteiger partial charge >= 0.3 is 0 Å². The number of ether oxygens (including phenoxy) is 1. The first kappa shape index (κ1) is 16.5. The number of para-hydroxylation sites is 1. The minimum absolute atomic E-state index is 0.0648. The average molecular weight is 331 g/mol. The standard InChI is InChI=1S/C21H17NO3/c1-25-17-12-11-16(20(23)13-17)14-22-19-10-6-5-9-18(19)21(24)15-7-3-2-4-8-15/h2-14,23H,1H3. The van der Waals surface area contributed by atoms with Gasteiger partial charge in [-0.05, 0) is 24.3 Å². The van der Waals surface area contributed by atoms with Gasteiger partial charge in [0.2, 0.25) is 0 Å². The molecule has 0 amide bonds. The third kappa shape index (κ3) is 3.75. The fourth-order valence-electron chi connectivity index (χ4n) is 2.42. The smallest absolute Gasteiger partial charge is 0.195 e. The number of hydrogen-bond acceptors (Lipinski definition) is 4. The molecule has 0 fully saturated rings. The van der Waals surface area contributed by atoms with E-state index in [-0.39, 0.29) is 11.5 Å². The number of carbonyl (C=O) groups excluding carboxylic acids is 1. The van der Waals surface area contributed by atoms with Gasteiger partial charge in [0, 0.05) is 29.0 Å². The third-order valence-electron chi connectivity index (χ3n) is 3.76. The first-order valence-electron chi connectivity index (χ1n) is 7.79. The Balaban J connectivity index is 1.93. The molecule has 0 aliphatic carbocycles. The van der Waals surface area contributed by atoms with Crippen molar-refractivity contribution >= 4 is 17.7 Å². The molecule has 0 heterocycles. The molecule has 0 aromatic heterocycles. The number of benzene rings is 3. The molecule has 3 aromatic rings. The van der Waals surface area contributed by atoms with E-state index >= 15 is 0 Å². The van der Waals surface area contributed by atoms with Gasteiger partial charge in [0.25, 0.3) is 0 Å². The lowest BCUT2D eigenvalue weighted by molar-refractivity contribution is 0.103. The summed E-state index contributed by atoms with van der Waals surface area (Å²) < 4.78 is 5.06. The van der Waals surface area contributed by atoms with Gasteiger partial charge in [0.05, 0.1) is 12.8 Å². The number of hydrogen-bond donors (Lipinski definition) is 1. The molecule has 25 heavy (non-hydrogen) atoms. The summed E-state index contributed by atoms with van der Waals surface area (Å²) in [4.78, 5) is 17.1. The van der Waals surface area contributed by atoms with Gasteiger partial charge in [-0.25, -0.2) is 0 Å². The highest BCUT2D eigenvalue weighted by molar-refractivity contribution is 6.12. The van der Waals surface area contributed by atoms with Gasteiger partial charge in [-0.3, -0.25) is 9.79 Å². The number of methoxy groups -OCH3 is 1. The summed E-state index contributed by atoms with van der Waals surface area (Å²) in [6, 6.07) is 21.2. The molecule has 0 unspecified atom stereocenters. The van der Waals surface area contributed by atoms with Crippen LogP contribution in [0.3, 0.4) is 0 Å². The zero-order chi connectivity index (χ0) is 17.6. The first-order valence-corrected chi connectivity index (χ1v) is 7.79. The number of ketones is 1. The summed E-state index contributed by atoms with van der Waals surface area (Å²) >= 11 is 0. The normalized spacial score (nSPS) is 10.8. The van der Waals surface area contributed by atoms with E-state index in [9.17, 15) is 9.90 Å². The summed E-state index contributed by atoms with van der Waals surface area (Å²) in [6.07, 6.45) is 1.53. The number of phenols is 1. The Hall–Kier alpha value is -3.40. The van der Waals surface area contributed by atoms with Gasteiger partial charge in [0.1, 0.15) is 11.5 Å². The number of carbonyl (C=O) groups is 1. The summed E-state index contributed by atoms with van der Waals surface area (Å²) in [6.45, 7) is 0. The predicted octanol–water partition coefficient (Wildman–Crippen LogP) is 4.38. The van der Waals surface area contributed by atoms with Gasteiger partial charge in [-0.1, -0.05) is 42.5 Å². The van der Waals surface area contributed by atoms with Crippen molar-refractivity contribution in [2.75, 3.05) is 7.11 Å². The number of aromatic hydroxyl groups is 1. The molecule has 124 valence electrons. The summed E-state index contributed by atoms with van der Waals surface area (Å²) in [5.41, 5.74) is 2.21. The molecule has 0 saturated heterocycles. The van der Waals surface area contributed by atoms with E-state index in [2.05, 4.69) is 4.99 Å². The van der Waals surface area contributed by atoms with Crippen LogP contribution in [0.5, 0.6) is 11.5 Å². The maximum atomic E-state index is 12.7. The zero-order valence-electron chi connectivity index (χ0n) is 13.7.